The van der Waals surface area contributed by atoms with E-state index in [9.17, 15) is 13.6 Å². The molecule has 0 N–H and O–H groups in total. The number of benzene rings is 1. The third-order valence-electron chi connectivity index (χ3n) is 2.55. The summed E-state index contributed by atoms with van der Waals surface area (Å²) in [6, 6.07) is 6.41. The molecule has 0 saturated heterocycles. The van der Waals surface area contributed by atoms with E-state index < -0.39 is 17.1 Å². The second kappa shape index (κ2) is 4.41. The molecule has 1 aromatic heterocycles. The van der Waals surface area contributed by atoms with Gasteiger partial charge in [0, 0.05) is 29.7 Å². The lowest BCUT2D eigenvalue weighted by atomic mass is 10.2. The fraction of sp³-hybridized carbons (Fsp3) is 0.0769. The lowest BCUT2D eigenvalue weighted by Crippen LogP contribution is -2.12. The predicted molar refractivity (Wildman–Crippen MR) is 61.4 cm³/mol. The van der Waals surface area contributed by atoms with Gasteiger partial charge in [-0.05, 0) is 19.1 Å². The van der Waals surface area contributed by atoms with Crippen molar-refractivity contribution in [2.24, 2.45) is 0 Å². The van der Waals surface area contributed by atoms with Crippen LogP contribution in [0.15, 0.2) is 35.3 Å². The maximum atomic E-state index is 13.1. The molecule has 18 heavy (non-hydrogen) atoms. The molecule has 1 heterocycles. The summed E-state index contributed by atoms with van der Waals surface area (Å²) in [5, 5.41) is 8.78. The van der Waals surface area contributed by atoms with Gasteiger partial charge in [-0.25, -0.2) is 8.78 Å². The smallest absolute Gasteiger partial charge is 0.199 e. The van der Waals surface area contributed by atoms with E-state index in [0.29, 0.717) is 11.4 Å². The van der Waals surface area contributed by atoms with Crippen LogP contribution in [-0.4, -0.2) is 4.57 Å². The molecule has 2 aromatic rings. The van der Waals surface area contributed by atoms with Crippen LogP contribution in [0.1, 0.15) is 11.3 Å². The zero-order chi connectivity index (χ0) is 13.3. The molecule has 5 heteroatoms. The first-order chi connectivity index (χ1) is 8.52. The van der Waals surface area contributed by atoms with E-state index >= 15 is 0 Å². The van der Waals surface area contributed by atoms with Crippen LogP contribution in [0.5, 0.6) is 0 Å². The Morgan fingerprint density at radius 1 is 1.22 bits per heavy atom. The highest BCUT2D eigenvalue weighted by Crippen LogP contribution is 2.14. The Hall–Kier alpha value is -2.48. The summed E-state index contributed by atoms with van der Waals surface area (Å²) in [5.41, 5.74) is 0.437. The Morgan fingerprint density at radius 3 is 2.56 bits per heavy atom. The average Bonchev–Trinajstić information content (AvgIpc) is 2.33. The van der Waals surface area contributed by atoms with Crippen molar-refractivity contribution in [3.63, 3.8) is 0 Å². The number of nitrogens with zero attached hydrogens (tertiary/aromatic N) is 2. The van der Waals surface area contributed by atoms with E-state index in [2.05, 4.69) is 0 Å². The fourth-order valence-electron chi connectivity index (χ4n) is 1.63. The molecule has 3 nitrogen and oxygen atoms in total. The summed E-state index contributed by atoms with van der Waals surface area (Å²) in [6.07, 6.45) is 1.31. The normalized spacial score (nSPS) is 10.1. The highest BCUT2D eigenvalue weighted by molar-refractivity contribution is 5.38. The Balaban J connectivity index is 2.67. The van der Waals surface area contributed by atoms with Crippen molar-refractivity contribution in [1.82, 2.24) is 4.57 Å². The third-order valence-corrected chi connectivity index (χ3v) is 2.55. The number of rotatable bonds is 1. The van der Waals surface area contributed by atoms with Gasteiger partial charge in [-0.3, -0.25) is 4.79 Å². The number of aromatic nitrogens is 1. The molecular formula is C13H8F2N2O. The van der Waals surface area contributed by atoms with Gasteiger partial charge in [-0.2, -0.15) is 5.26 Å². The number of hydrogen-bond donors (Lipinski definition) is 0. The maximum Gasteiger partial charge on any atom is 0.199 e. The molecule has 0 atom stereocenters. The van der Waals surface area contributed by atoms with Crippen molar-refractivity contribution in [2.45, 2.75) is 6.92 Å². The first-order valence-corrected chi connectivity index (χ1v) is 5.12. The van der Waals surface area contributed by atoms with Crippen molar-refractivity contribution < 1.29 is 8.78 Å². The van der Waals surface area contributed by atoms with Crippen LogP contribution in [0, 0.1) is 29.9 Å². The fourth-order valence-corrected chi connectivity index (χ4v) is 1.63. The van der Waals surface area contributed by atoms with Gasteiger partial charge in [-0.1, -0.05) is 0 Å². The van der Waals surface area contributed by atoms with Gasteiger partial charge >= 0.3 is 0 Å². The maximum absolute atomic E-state index is 13.1. The largest absolute Gasteiger partial charge is 0.319 e. The number of pyridine rings is 1. The first kappa shape index (κ1) is 12.0. The second-order valence-electron chi connectivity index (χ2n) is 3.77. The average molecular weight is 246 g/mol. The molecule has 0 saturated carbocycles. The highest BCUT2D eigenvalue weighted by atomic mass is 19.2. The summed E-state index contributed by atoms with van der Waals surface area (Å²) in [5.74, 6) is -1.93. The quantitative estimate of drug-likeness (QED) is 0.775. The molecule has 90 valence electrons. The van der Waals surface area contributed by atoms with Crippen LogP contribution < -0.4 is 5.43 Å². The zero-order valence-electron chi connectivity index (χ0n) is 9.45. The van der Waals surface area contributed by atoms with E-state index in [0.717, 1.165) is 12.1 Å². The number of hydrogen-bond acceptors (Lipinski definition) is 2. The third kappa shape index (κ3) is 2.00. The van der Waals surface area contributed by atoms with Crippen molar-refractivity contribution in [1.29, 1.82) is 5.26 Å². The predicted octanol–water partition coefficient (Wildman–Crippen LogP) is 2.30. The standard InChI is InChI=1S/C13H8F2N2O/c1-8-4-13(18)9(6-16)7-17(8)10-2-3-11(14)12(15)5-10/h2-5,7H,1H3. The van der Waals surface area contributed by atoms with E-state index in [1.165, 1.54) is 22.9 Å². The second-order valence-corrected chi connectivity index (χ2v) is 3.77. The molecule has 0 fully saturated rings. The first-order valence-electron chi connectivity index (χ1n) is 5.12. The SMILES string of the molecule is Cc1cc(=O)c(C#N)cn1-c1ccc(F)c(F)c1. The molecule has 2 rings (SSSR count). The van der Waals surface area contributed by atoms with Gasteiger partial charge in [0.1, 0.15) is 11.6 Å². The molecule has 0 amide bonds. The summed E-state index contributed by atoms with van der Waals surface area (Å²) in [4.78, 5) is 11.4. The molecule has 0 unspecified atom stereocenters. The van der Waals surface area contributed by atoms with Crippen LogP contribution >= 0.6 is 0 Å². The van der Waals surface area contributed by atoms with Crippen molar-refractivity contribution >= 4 is 0 Å². The van der Waals surface area contributed by atoms with Gasteiger partial charge in [-0.15, -0.1) is 0 Å². The summed E-state index contributed by atoms with van der Waals surface area (Å²) in [7, 11) is 0. The van der Waals surface area contributed by atoms with Crippen LogP contribution in [0.3, 0.4) is 0 Å². The molecule has 0 aliphatic carbocycles. The molecule has 0 radical (unpaired) electrons. The topological polar surface area (TPSA) is 45.8 Å². The summed E-state index contributed by atoms with van der Waals surface area (Å²) >= 11 is 0. The lowest BCUT2D eigenvalue weighted by Gasteiger charge is -2.11. The van der Waals surface area contributed by atoms with Crippen LogP contribution in [-0.2, 0) is 0 Å². The van der Waals surface area contributed by atoms with Gasteiger partial charge in [0.25, 0.3) is 0 Å². The molecule has 0 spiro atoms. The molecule has 0 bridgehead atoms. The zero-order valence-corrected chi connectivity index (χ0v) is 9.45. The van der Waals surface area contributed by atoms with Crippen molar-refractivity contribution in [2.75, 3.05) is 0 Å². The van der Waals surface area contributed by atoms with E-state index in [1.807, 2.05) is 0 Å². The van der Waals surface area contributed by atoms with Crippen molar-refractivity contribution in [3.05, 3.63) is 63.6 Å². The van der Waals surface area contributed by atoms with Gasteiger partial charge < -0.3 is 4.57 Å². The Morgan fingerprint density at radius 2 is 1.94 bits per heavy atom. The molecular weight excluding hydrogens is 238 g/mol. The van der Waals surface area contributed by atoms with Crippen LogP contribution in [0.4, 0.5) is 8.78 Å². The summed E-state index contributed by atoms with van der Waals surface area (Å²) in [6.45, 7) is 1.64. The van der Waals surface area contributed by atoms with Crippen LogP contribution in [0.2, 0.25) is 0 Å². The minimum atomic E-state index is -0.982. The number of aryl methyl sites for hydroxylation is 1. The van der Waals surface area contributed by atoms with E-state index in [4.69, 9.17) is 5.26 Å². The molecule has 0 aliphatic heterocycles. The summed E-state index contributed by atoms with van der Waals surface area (Å²) < 4.78 is 27.4. The van der Waals surface area contributed by atoms with Gasteiger partial charge in [0.05, 0.1) is 0 Å². The van der Waals surface area contributed by atoms with E-state index in [-0.39, 0.29) is 5.56 Å². The minimum absolute atomic E-state index is 0.0506. The lowest BCUT2D eigenvalue weighted by molar-refractivity contribution is 0.508. The number of halogens is 2. The molecule has 1 aromatic carbocycles. The minimum Gasteiger partial charge on any atom is -0.319 e. The monoisotopic (exact) mass is 246 g/mol. The molecule has 0 aliphatic rings. The Bertz CT molecular complexity index is 714. The van der Waals surface area contributed by atoms with Crippen LogP contribution in [0.25, 0.3) is 5.69 Å². The Kier molecular flexibility index (Phi) is 2.94. The highest BCUT2D eigenvalue weighted by Gasteiger charge is 2.08. The Labute approximate surface area is 102 Å². The number of nitriles is 1. The van der Waals surface area contributed by atoms with Gasteiger partial charge in [0.15, 0.2) is 17.1 Å². The van der Waals surface area contributed by atoms with E-state index in [1.54, 1.807) is 13.0 Å². The van der Waals surface area contributed by atoms with Gasteiger partial charge in [0.2, 0.25) is 0 Å². The van der Waals surface area contributed by atoms with Crippen molar-refractivity contribution in [3.8, 4) is 11.8 Å².